The van der Waals surface area contributed by atoms with E-state index in [0.29, 0.717) is 109 Å². The lowest BCUT2D eigenvalue weighted by Crippen LogP contribution is -2.69. The Kier molecular flexibility index (Phi) is 35.1. The topological polar surface area (TPSA) is 358 Å². The highest BCUT2D eigenvalue weighted by Gasteiger charge is 2.61. The summed E-state index contributed by atoms with van der Waals surface area (Å²) in [4.78, 5) is 155. The van der Waals surface area contributed by atoms with Gasteiger partial charge in [-0.25, -0.2) is 33.6 Å². The van der Waals surface area contributed by atoms with Gasteiger partial charge in [-0.1, -0.05) is 155 Å². The van der Waals surface area contributed by atoms with Gasteiger partial charge in [0.15, 0.2) is 55.3 Å². The van der Waals surface area contributed by atoms with Gasteiger partial charge in [0.05, 0.1) is 38.9 Å². The molecule has 0 bridgehead atoms. The van der Waals surface area contributed by atoms with Gasteiger partial charge in [0, 0.05) is 32.2 Å². The summed E-state index contributed by atoms with van der Waals surface area (Å²) in [5, 5.41) is 3.65. The third-order valence-electron chi connectivity index (χ3n) is 23.5. The molecule has 702 valence electrons. The van der Waals surface area contributed by atoms with E-state index in [9.17, 15) is 14.4 Å². The minimum Gasteiger partial charge on any atom is -0.463 e. The Morgan fingerprint density at radius 3 is 0.847 bits per heavy atom. The van der Waals surface area contributed by atoms with Crippen molar-refractivity contribution in [1.29, 1.82) is 0 Å². The van der Waals surface area contributed by atoms with Gasteiger partial charge in [-0.2, -0.15) is 0 Å². The molecule has 7 aromatic rings. The quantitative estimate of drug-likeness (QED) is 0.00903. The number of carbonyl (C=O) groups is 10. The lowest BCUT2D eigenvalue weighted by Gasteiger charge is -2.50. The number of benzene rings is 7. The van der Waals surface area contributed by atoms with E-state index in [0.717, 1.165) is 79.0 Å². The molecule has 28 nitrogen and oxygen atoms in total. The average Bonchev–Trinajstić information content (AvgIpc) is 0.747. The molecule has 0 saturated carbocycles. The van der Waals surface area contributed by atoms with Gasteiger partial charge < -0.3 is 71.1 Å². The Labute approximate surface area is 770 Å². The van der Waals surface area contributed by atoms with Crippen molar-refractivity contribution in [3.63, 3.8) is 0 Å². The van der Waals surface area contributed by atoms with Gasteiger partial charge in [0.25, 0.3) is 0 Å². The van der Waals surface area contributed by atoms with Crippen LogP contribution < -0.4 is 0 Å². The van der Waals surface area contributed by atoms with E-state index in [-0.39, 0.29) is 38.9 Å². The molecule has 0 aromatic heterocycles. The Hall–Kier alpha value is -11.3. The SMILES string of the molecule is CC(=O)OC[C@H]1O[C@@H](SCCCCCCCCN=[N+]=[N-])[C@H](OC(C)=O)[C@@H](O[C@@H]2O[C@H](COC(=O)c3c(C)cc(C)cc3C)[C@H](OC(=O)c3c(C)cc(C)cc3C)[C@H](O[C@@H]3O[C@H](COC(=O)c4c(C)cc(C)cc4C)[C@H](OC(=O)c4c(C)cc(C)cc4C)[C@H](OC(=O)c4c(C)cc(C)cc4C)[C@H]3OC(=O)c3c(C)cc(C)cc3C)[C@H]2OC(=O)c2c(C)cc(C)cc2C)[C@H]1OC(C)=O. The van der Waals surface area contributed by atoms with Crippen LogP contribution in [0.2, 0.25) is 0 Å². The highest BCUT2D eigenvalue weighted by atomic mass is 32.2. The molecule has 0 spiro atoms. The zero-order chi connectivity index (χ0) is 96.0. The maximum Gasteiger partial charge on any atom is 0.339 e. The van der Waals surface area contributed by atoms with Crippen molar-refractivity contribution in [3.8, 4) is 0 Å². The molecule has 7 aromatic carbocycles. The standard InChI is InChI=1S/C102H123N3O25S/c1-50-33-57(8)77(58(9)34-50)93(109)117-48-74-85(124-95(111)79-61(12)37-52(3)38-62(79)13)87(126-97(113)81-65(16)41-54(5)42-66(81)17)90(127-98(114)82-67(18)43-55(6)44-68(82)19)100(121-74)129-88-86(125-96(112)80-63(14)39-53(4)40-64(80)15)75(49-118-94(110)78-59(10)35-51(2)36-60(78)11)122-101(91(88)128-99(115)83-69(20)45-56(7)46-70(83)21)130-89-84(119-72(23)107)76(47-116-71(22)106)123-102(92(89)120-73(24)108)131-32-30-28-26-25-27-29-31-104-105-103/h33-46,74-76,84-92,100-102H,25-32,47-49H2,1-24H3/t74-,75-,76-,84+,85+,86+,87+,88+,89+,90-,91-,92-,100+,101+,102+/m1/s1. The maximum absolute atomic E-state index is 16.4. The molecular weight excluding hydrogens is 1700 g/mol. The number of esters is 10. The van der Waals surface area contributed by atoms with Crippen LogP contribution in [0.1, 0.15) is 249 Å². The van der Waals surface area contributed by atoms with Crippen LogP contribution in [0.4, 0.5) is 0 Å². The summed E-state index contributed by atoms with van der Waals surface area (Å²) in [5.41, 5.74) is 19.8. The molecule has 131 heavy (non-hydrogen) atoms. The van der Waals surface area contributed by atoms with Crippen LogP contribution in [0.15, 0.2) is 90.0 Å². The first-order valence-corrected chi connectivity index (χ1v) is 45.3. The van der Waals surface area contributed by atoms with Crippen molar-refractivity contribution < 1.29 is 119 Å². The van der Waals surface area contributed by atoms with Crippen LogP contribution in [0.3, 0.4) is 0 Å². The summed E-state index contributed by atoms with van der Waals surface area (Å²) in [6.45, 7) is 38.0. The Morgan fingerprint density at radius 1 is 0.290 bits per heavy atom. The zero-order valence-corrected chi connectivity index (χ0v) is 80.3. The molecule has 3 aliphatic rings. The molecule has 3 aliphatic heterocycles. The molecule has 3 saturated heterocycles. The van der Waals surface area contributed by atoms with E-state index in [4.69, 9.17) is 76.6 Å². The van der Waals surface area contributed by atoms with Gasteiger partial charge in [0.2, 0.25) is 0 Å². The lowest BCUT2D eigenvalue weighted by molar-refractivity contribution is -0.369. The largest absolute Gasteiger partial charge is 0.463 e. The first kappa shape index (κ1) is 102. The van der Waals surface area contributed by atoms with E-state index in [1.54, 1.807) is 182 Å². The maximum atomic E-state index is 16.4. The predicted molar refractivity (Wildman–Crippen MR) is 489 cm³/mol. The Morgan fingerprint density at radius 2 is 0.534 bits per heavy atom. The second-order valence-electron chi connectivity index (χ2n) is 35.2. The van der Waals surface area contributed by atoms with Crippen LogP contribution in [-0.2, 0) is 85.4 Å². The van der Waals surface area contributed by atoms with Crippen molar-refractivity contribution in [2.24, 2.45) is 5.11 Å². The van der Waals surface area contributed by atoms with Crippen molar-refractivity contribution in [1.82, 2.24) is 0 Å². The summed E-state index contributed by atoms with van der Waals surface area (Å²) in [7, 11) is 0. The first-order chi connectivity index (χ1) is 61.9. The number of unbranched alkanes of at least 4 members (excludes halogenated alkanes) is 5. The number of hydrogen-bond donors (Lipinski definition) is 0. The number of azide groups is 1. The molecule has 0 N–H and O–H groups in total. The van der Waals surface area contributed by atoms with Crippen LogP contribution in [0, 0.1) is 145 Å². The third-order valence-corrected chi connectivity index (χ3v) is 24.8. The number of thioether (sulfide) groups is 1. The second-order valence-corrected chi connectivity index (χ2v) is 36.4. The molecule has 3 fully saturated rings. The fourth-order valence-corrected chi connectivity index (χ4v) is 19.9. The van der Waals surface area contributed by atoms with E-state index in [2.05, 4.69) is 10.0 Å². The Bertz CT molecular complexity index is 5380. The van der Waals surface area contributed by atoms with Gasteiger partial charge in [-0.15, -0.1) is 11.8 Å². The smallest absolute Gasteiger partial charge is 0.339 e. The molecule has 3 heterocycles. The number of hydrogen-bond acceptors (Lipinski definition) is 27. The van der Waals surface area contributed by atoms with Crippen LogP contribution in [0.25, 0.3) is 10.4 Å². The van der Waals surface area contributed by atoms with Gasteiger partial charge >= 0.3 is 59.7 Å². The summed E-state index contributed by atoms with van der Waals surface area (Å²) in [6, 6.07) is 24.7. The summed E-state index contributed by atoms with van der Waals surface area (Å²) in [5.74, 6) is -9.36. The number of aryl methyl sites for hydroxylation is 21. The summed E-state index contributed by atoms with van der Waals surface area (Å²) in [6.07, 6.45) is -24.0. The number of carbonyl (C=O) groups excluding carboxylic acids is 10. The predicted octanol–water partition coefficient (Wildman–Crippen LogP) is 18.1. The van der Waals surface area contributed by atoms with E-state index in [1.807, 2.05) is 48.5 Å². The summed E-state index contributed by atoms with van der Waals surface area (Å²) >= 11 is 1.19. The normalized spacial score (nSPS) is 21.7. The number of nitrogens with zero attached hydrogens (tertiary/aromatic N) is 3. The highest BCUT2D eigenvalue weighted by Crippen LogP contribution is 2.43. The molecule has 10 rings (SSSR count). The van der Waals surface area contributed by atoms with Crippen LogP contribution >= 0.6 is 11.8 Å². The van der Waals surface area contributed by atoms with Crippen molar-refractivity contribution in [2.45, 2.75) is 296 Å². The summed E-state index contributed by atoms with van der Waals surface area (Å²) < 4.78 is 103. The van der Waals surface area contributed by atoms with E-state index < -0.39 is 171 Å². The molecule has 0 aliphatic carbocycles. The molecule has 0 amide bonds. The fourth-order valence-electron chi connectivity index (χ4n) is 18.7. The highest BCUT2D eigenvalue weighted by molar-refractivity contribution is 7.99. The monoisotopic (exact) mass is 1820 g/mol. The average molecular weight is 1820 g/mol. The third kappa shape index (κ3) is 25.5. The Balaban J connectivity index is 1.30. The van der Waals surface area contributed by atoms with Crippen LogP contribution in [-0.4, -0.2) is 183 Å². The fraction of sp³-hybridized carbons (Fsp3) is 0.490. The molecule has 0 unspecified atom stereocenters. The molecular formula is C102H123N3O25S. The lowest BCUT2D eigenvalue weighted by atomic mass is 9.94. The first-order valence-electron chi connectivity index (χ1n) is 44.3. The zero-order valence-electron chi connectivity index (χ0n) is 79.5. The van der Waals surface area contributed by atoms with Crippen molar-refractivity contribution in [2.75, 3.05) is 32.1 Å². The minimum absolute atomic E-state index is 0.00993. The van der Waals surface area contributed by atoms with E-state index >= 15 is 33.6 Å². The van der Waals surface area contributed by atoms with Gasteiger partial charge in [-0.3, -0.25) is 14.4 Å². The molecule has 0 radical (unpaired) electrons. The van der Waals surface area contributed by atoms with Crippen molar-refractivity contribution >= 4 is 71.5 Å². The van der Waals surface area contributed by atoms with Gasteiger partial charge in [0.1, 0.15) is 55.8 Å². The second kappa shape index (κ2) is 45.2. The van der Waals surface area contributed by atoms with Crippen LogP contribution in [0.5, 0.6) is 0 Å². The molecule has 15 atom stereocenters. The molecule has 29 heteroatoms. The van der Waals surface area contributed by atoms with Gasteiger partial charge in [-0.05, 0) is 247 Å². The number of ether oxygens (including phenoxy) is 15. The number of rotatable bonds is 34. The van der Waals surface area contributed by atoms with Crippen molar-refractivity contribution in [3.05, 3.63) is 251 Å². The minimum atomic E-state index is -2.37. The van der Waals surface area contributed by atoms with E-state index in [1.165, 1.54) is 11.8 Å².